The van der Waals surface area contributed by atoms with E-state index in [4.69, 9.17) is 0 Å². The Labute approximate surface area is 150 Å². The van der Waals surface area contributed by atoms with Gasteiger partial charge in [0.05, 0.1) is 28.6 Å². The van der Waals surface area contributed by atoms with Crippen LogP contribution in [0.25, 0.3) is 11.0 Å². The molecule has 0 unspecified atom stereocenters. The van der Waals surface area contributed by atoms with Gasteiger partial charge in [-0.3, -0.25) is 10.1 Å². The van der Waals surface area contributed by atoms with E-state index in [9.17, 15) is 10.1 Å². The van der Waals surface area contributed by atoms with Gasteiger partial charge < -0.3 is 9.80 Å². The fourth-order valence-electron chi connectivity index (χ4n) is 3.25. The maximum absolute atomic E-state index is 11.2. The number of aromatic nitrogens is 4. The maximum Gasteiger partial charge on any atom is 0.274 e. The molecule has 0 aliphatic carbocycles. The second-order valence-corrected chi connectivity index (χ2v) is 6.41. The second kappa shape index (κ2) is 6.68. The Kier molecular flexibility index (Phi) is 4.21. The van der Waals surface area contributed by atoms with Crippen molar-refractivity contribution in [2.75, 3.05) is 38.1 Å². The number of benzene rings is 1. The molecule has 26 heavy (non-hydrogen) atoms. The highest BCUT2D eigenvalue weighted by Crippen LogP contribution is 2.25. The first-order valence-corrected chi connectivity index (χ1v) is 8.46. The molecule has 3 heterocycles. The molecule has 1 aromatic carbocycles. The molecule has 1 saturated heterocycles. The van der Waals surface area contributed by atoms with Crippen molar-refractivity contribution in [3.8, 4) is 0 Å². The fraction of sp³-hybridized carbons (Fsp3) is 0.353. The smallest absolute Gasteiger partial charge is 0.274 e. The zero-order valence-corrected chi connectivity index (χ0v) is 14.4. The van der Waals surface area contributed by atoms with Gasteiger partial charge in [0.15, 0.2) is 5.65 Å². The van der Waals surface area contributed by atoms with E-state index in [1.807, 2.05) is 0 Å². The third kappa shape index (κ3) is 2.97. The first kappa shape index (κ1) is 16.4. The molecule has 0 bridgehead atoms. The van der Waals surface area contributed by atoms with Crippen LogP contribution in [0.5, 0.6) is 0 Å². The zero-order valence-electron chi connectivity index (χ0n) is 14.4. The molecule has 9 heteroatoms. The number of rotatable bonds is 4. The number of nitrogens with zero attached hydrogens (tertiary/aromatic N) is 7. The van der Waals surface area contributed by atoms with Gasteiger partial charge in [-0.1, -0.05) is 18.2 Å². The third-order valence-electron chi connectivity index (χ3n) is 4.72. The van der Waals surface area contributed by atoms with E-state index in [1.165, 1.54) is 12.4 Å². The molecule has 1 aliphatic heterocycles. The van der Waals surface area contributed by atoms with E-state index in [1.54, 1.807) is 29.1 Å². The van der Waals surface area contributed by atoms with Crippen molar-refractivity contribution in [2.45, 2.75) is 6.54 Å². The summed E-state index contributed by atoms with van der Waals surface area (Å²) in [6.45, 7) is 4.06. The van der Waals surface area contributed by atoms with Crippen molar-refractivity contribution in [1.29, 1.82) is 0 Å². The quantitative estimate of drug-likeness (QED) is 0.519. The average Bonchev–Trinajstić information content (AvgIpc) is 3.06. The number of fused-ring (bicyclic) bond motifs is 1. The summed E-state index contributed by atoms with van der Waals surface area (Å²) in [5.74, 6) is 0.872. The Bertz CT molecular complexity index is 947. The van der Waals surface area contributed by atoms with E-state index >= 15 is 0 Å². The average molecular weight is 353 g/mol. The molecule has 0 amide bonds. The van der Waals surface area contributed by atoms with Crippen molar-refractivity contribution in [3.63, 3.8) is 0 Å². The van der Waals surface area contributed by atoms with E-state index < -0.39 is 0 Å². The maximum atomic E-state index is 11.2. The first-order valence-electron chi connectivity index (χ1n) is 8.46. The van der Waals surface area contributed by atoms with Crippen molar-refractivity contribution in [1.82, 2.24) is 24.6 Å². The number of nitro benzene ring substituents is 1. The predicted molar refractivity (Wildman–Crippen MR) is 97.2 cm³/mol. The summed E-state index contributed by atoms with van der Waals surface area (Å²) in [4.78, 5) is 24.2. The lowest BCUT2D eigenvalue weighted by molar-refractivity contribution is -0.385. The highest BCUT2D eigenvalue weighted by atomic mass is 16.6. The van der Waals surface area contributed by atoms with Gasteiger partial charge in [0.1, 0.15) is 12.1 Å². The van der Waals surface area contributed by atoms with Gasteiger partial charge in [0, 0.05) is 32.2 Å². The SMILES string of the molecule is CN1CCN(c2ncnc3c2cnn3Cc2ccccc2[N+](=O)[O-])CC1. The normalized spacial score (nSPS) is 15.5. The van der Waals surface area contributed by atoms with Crippen LogP contribution in [0.15, 0.2) is 36.8 Å². The minimum absolute atomic E-state index is 0.0875. The Balaban J connectivity index is 1.68. The molecule has 0 spiro atoms. The third-order valence-corrected chi connectivity index (χ3v) is 4.72. The van der Waals surface area contributed by atoms with Crippen LogP contribution in [-0.2, 0) is 6.54 Å². The number of hydrogen-bond donors (Lipinski definition) is 0. The first-order chi connectivity index (χ1) is 12.6. The van der Waals surface area contributed by atoms with Crippen molar-refractivity contribution < 1.29 is 4.92 Å². The fourth-order valence-corrected chi connectivity index (χ4v) is 3.25. The summed E-state index contributed by atoms with van der Waals surface area (Å²) >= 11 is 0. The van der Waals surface area contributed by atoms with Crippen LogP contribution in [0.3, 0.4) is 0 Å². The Morgan fingerprint density at radius 1 is 1.15 bits per heavy atom. The van der Waals surface area contributed by atoms with Gasteiger partial charge in [-0.15, -0.1) is 0 Å². The number of likely N-dealkylation sites (N-methyl/N-ethyl adjacent to an activating group) is 1. The zero-order chi connectivity index (χ0) is 18.1. The number of hydrogen-bond acceptors (Lipinski definition) is 7. The van der Waals surface area contributed by atoms with Crippen molar-refractivity contribution in [3.05, 3.63) is 52.5 Å². The second-order valence-electron chi connectivity index (χ2n) is 6.41. The summed E-state index contributed by atoms with van der Waals surface area (Å²) in [6, 6.07) is 6.70. The van der Waals surface area contributed by atoms with E-state index in [-0.39, 0.29) is 10.6 Å². The molecule has 1 fully saturated rings. The monoisotopic (exact) mass is 353 g/mol. The lowest BCUT2D eigenvalue weighted by Crippen LogP contribution is -2.44. The molecule has 0 saturated carbocycles. The van der Waals surface area contributed by atoms with Crippen LogP contribution < -0.4 is 4.90 Å². The molecule has 3 aromatic rings. The van der Waals surface area contributed by atoms with E-state index in [0.29, 0.717) is 17.8 Å². The van der Waals surface area contributed by atoms with Crippen molar-refractivity contribution >= 4 is 22.5 Å². The summed E-state index contributed by atoms with van der Waals surface area (Å²) in [5, 5.41) is 16.5. The van der Waals surface area contributed by atoms with Crippen molar-refractivity contribution in [2.24, 2.45) is 0 Å². The standard InChI is InChI=1S/C17H19N7O2/c1-21-6-8-22(9-7-21)16-14-10-20-23(17(14)19-12-18-16)11-13-4-2-3-5-15(13)24(25)26/h2-5,10,12H,6-9,11H2,1H3. The topological polar surface area (TPSA) is 93.2 Å². The minimum atomic E-state index is -0.369. The molecule has 9 nitrogen and oxygen atoms in total. The Hall–Kier alpha value is -3.07. The lowest BCUT2D eigenvalue weighted by atomic mass is 10.2. The van der Waals surface area contributed by atoms with E-state index in [2.05, 4.69) is 31.9 Å². The lowest BCUT2D eigenvalue weighted by Gasteiger charge is -2.33. The minimum Gasteiger partial charge on any atom is -0.353 e. The summed E-state index contributed by atoms with van der Waals surface area (Å²) in [6.07, 6.45) is 3.28. The molecule has 4 rings (SSSR count). The van der Waals surface area contributed by atoms with Gasteiger partial charge >= 0.3 is 0 Å². The molecule has 2 aromatic heterocycles. The number of para-hydroxylation sites is 1. The van der Waals surface area contributed by atoms with Gasteiger partial charge in [0.2, 0.25) is 0 Å². The number of piperazine rings is 1. The predicted octanol–water partition coefficient (Wildman–Crippen LogP) is 1.53. The van der Waals surface area contributed by atoms with Crippen LogP contribution in [0.2, 0.25) is 0 Å². The van der Waals surface area contributed by atoms with Gasteiger partial charge in [-0.25, -0.2) is 14.6 Å². The summed E-state index contributed by atoms with van der Waals surface area (Å²) in [7, 11) is 2.11. The molecule has 134 valence electrons. The van der Waals surface area contributed by atoms with E-state index in [0.717, 1.165) is 37.4 Å². The highest BCUT2D eigenvalue weighted by Gasteiger charge is 2.20. The summed E-state index contributed by atoms with van der Waals surface area (Å²) < 4.78 is 1.69. The van der Waals surface area contributed by atoms with Gasteiger partial charge in [-0.2, -0.15) is 5.10 Å². The van der Waals surface area contributed by atoms with Crippen LogP contribution in [0, 0.1) is 10.1 Å². The molecular formula is C17H19N7O2. The molecule has 0 atom stereocenters. The molecule has 1 aliphatic rings. The van der Waals surface area contributed by atoms with Crippen LogP contribution >= 0.6 is 0 Å². The van der Waals surface area contributed by atoms with Gasteiger partial charge in [0.25, 0.3) is 5.69 Å². The summed E-state index contributed by atoms with van der Waals surface area (Å²) in [5.41, 5.74) is 1.37. The highest BCUT2D eigenvalue weighted by molar-refractivity contribution is 5.86. The largest absolute Gasteiger partial charge is 0.353 e. The number of nitro groups is 1. The Morgan fingerprint density at radius 3 is 2.69 bits per heavy atom. The molecule has 0 radical (unpaired) electrons. The van der Waals surface area contributed by atoms with Crippen LogP contribution in [0.4, 0.5) is 11.5 Å². The van der Waals surface area contributed by atoms with Crippen LogP contribution in [-0.4, -0.2) is 62.8 Å². The van der Waals surface area contributed by atoms with Gasteiger partial charge in [-0.05, 0) is 7.05 Å². The molecular weight excluding hydrogens is 334 g/mol. The number of anilines is 1. The Morgan fingerprint density at radius 2 is 1.92 bits per heavy atom. The van der Waals surface area contributed by atoms with Crippen LogP contribution in [0.1, 0.15) is 5.56 Å². The molecule has 0 N–H and O–H groups in total.